The molecule has 2 aromatic carbocycles. The summed E-state index contributed by atoms with van der Waals surface area (Å²) >= 11 is 0. The van der Waals surface area contributed by atoms with E-state index in [4.69, 9.17) is 14.5 Å². The molecule has 3 aromatic rings. The van der Waals surface area contributed by atoms with Crippen LogP contribution in [0, 0.1) is 11.3 Å². The zero-order chi connectivity index (χ0) is 22.9. The van der Waals surface area contributed by atoms with Crippen molar-refractivity contribution >= 4 is 28.6 Å². The molecule has 170 valence electrons. The van der Waals surface area contributed by atoms with Gasteiger partial charge in [0, 0.05) is 11.7 Å². The quantitative estimate of drug-likeness (QED) is 0.457. The third-order valence-electron chi connectivity index (χ3n) is 6.26. The number of ether oxygens (including phenoxy) is 2. The number of anilines is 2. The van der Waals surface area contributed by atoms with Gasteiger partial charge < -0.3 is 19.4 Å². The molecular formula is C26H33N3O3. The fraction of sp³-hybridized carbons (Fsp3) is 0.462. The molecule has 0 aliphatic heterocycles. The number of esters is 1. The van der Waals surface area contributed by atoms with Crippen LogP contribution >= 0.6 is 0 Å². The maximum atomic E-state index is 12.1. The SMILES string of the molecule is CCOc1ccc(Nc2nc3cc(C(=O)OC)ccc3n2C2C[C@@H](C)CC(C)(C)C2)cc1. The first-order valence-corrected chi connectivity index (χ1v) is 11.4. The van der Waals surface area contributed by atoms with Crippen LogP contribution in [0.25, 0.3) is 11.0 Å². The van der Waals surface area contributed by atoms with Crippen LogP contribution in [0.1, 0.15) is 63.4 Å². The summed E-state index contributed by atoms with van der Waals surface area (Å²) in [5.41, 5.74) is 3.54. The van der Waals surface area contributed by atoms with E-state index in [1.165, 1.54) is 13.5 Å². The Balaban J connectivity index is 1.77. The molecule has 1 fully saturated rings. The highest BCUT2D eigenvalue weighted by Gasteiger charge is 2.34. The Labute approximate surface area is 189 Å². The Morgan fingerprint density at radius 3 is 2.59 bits per heavy atom. The number of hydrogen-bond acceptors (Lipinski definition) is 5. The fourth-order valence-electron chi connectivity index (χ4n) is 5.22. The lowest BCUT2D eigenvalue weighted by atomic mass is 9.70. The van der Waals surface area contributed by atoms with Crippen molar-refractivity contribution in [3.05, 3.63) is 48.0 Å². The number of rotatable bonds is 6. The number of imidazole rings is 1. The van der Waals surface area contributed by atoms with Gasteiger partial charge in [0.1, 0.15) is 5.75 Å². The van der Waals surface area contributed by atoms with Gasteiger partial charge >= 0.3 is 5.97 Å². The normalized spacial score (nSPS) is 20.2. The number of carbonyl (C=O) groups is 1. The molecular weight excluding hydrogens is 402 g/mol. The minimum absolute atomic E-state index is 0.265. The van der Waals surface area contributed by atoms with Gasteiger partial charge in [-0.05, 0) is 80.0 Å². The molecule has 6 heteroatoms. The van der Waals surface area contributed by atoms with Crippen molar-refractivity contribution in [2.24, 2.45) is 11.3 Å². The molecule has 1 aliphatic rings. The van der Waals surface area contributed by atoms with Crippen LogP contribution in [0.4, 0.5) is 11.6 Å². The average Bonchev–Trinajstić information content (AvgIpc) is 3.10. The van der Waals surface area contributed by atoms with Crippen LogP contribution < -0.4 is 10.1 Å². The summed E-state index contributed by atoms with van der Waals surface area (Å²) < 4.78 is 12.8. The summed E-state index contributed by atoms with van der Waals surface area (Å²) in [5, 5.41) is 3.51. The Hall–Kier alpha value is -3.02. The monoisotopic (exact) mass is 435 g/mol. The summed E-state index contributed by atoms with van der Waals surface area (Å²) in [6.45, 7) is 9.65. The maximum Gasteiger partial charge on any atom is 0.337 e. The van der Waals surface area contributed by atoms with Crippen molar-refractivity contribution in [2.45, 2.75) is 53.0 Å². The molecule has 1 aromatic heterocycles. The number of benzene rings is 2. The molecule has 6 nitrogen and oxygen atoms in total. The highest BCUT2D eigenvalue weighted by molar-refractivity contribution is 5.94. The Morgan fingerprint density at radius 1 is 1.19 bits per heavy atom. The highest BCUT2D eigenvalue weighted by atomic mass is 16.5. The molecule has 0 saturated heterocycles. The topological polar surface area (TPSA) is 65.4 Å². The van der Waals surface area contributed by atoms with Crippen molar-refractivity contribution in [1.29, 1.82) is 0 Å². The number of aromatic nitrogens is 2. The van der Waals surface area contributed by atoms with Crippen molar-refractivity contribution in [1.82, 2.24) is 9.55 Å². The van der Waals surface area contributed by atoms with Crippen LogP contribution in [0.15, 0.2) is 42.5 Å². The number of nitrogens with one attached hydrogen (secondary N) is 1. The molecule has 4 rings (SSSR count). The lowest BCUT2D eigenvalue weighted by molar-refractivity contribution is 0.0601. The van der Waals surface area contributed by atoms with Crippen molar-refractivity contribution in [3.8, 4) is 5.75 Å². The van der Waals surface area contributed by atoms with E-state index in [0.717, 1.165) is 41.3 Å². The predicted molar refractivity (Wildman–Crippen MR) is 128 cm³/mol. The highest BCUT2D eigenvalue weighted by Crippen LogP contribution is 2.46. The molecule has 1 unspecified atom stereocenters. The van der Waals surface area contributed by atoms with E-state index in [-0.39, 0.29) is 11.4 Å². The molecule has 1 N–H and O–H groups in total. The van der Waals surface area contributed by atoms with Crippen molar-refractivity contribution < 1.29 is 14.3 Å². The van der Waals surface area contributed by atoms with Gasteiger partial charge in [0.05, 0.1) is 30.3 Å². The summed E-state index contributed by atoms with van der Waals surface area (Å²) in [6, 6.07) is 13.9. The van der Waals surface area contributed by atoms with E-state index in [2.05, 4.69) is 30.7 Å². The second-order valence-corrected chi connectivity index (χ2v) is 9.65. The molecule has 0 radical (unpaired) electrons. The summed E-state index contributed by atoms with van der Waals surface area (Å²) in [6.07, 6.45) is 3.41. The minimum Gasteiger partial charge on any atom is -0.494 e. The van der Waals surface area contributed by atoms with Gasteiger partial charge in [0.25, 0.3) is 0 Å². The number of carbonyl (C=O) groups excluding carboxylic acids is 1. The summed E-state index contributed by atoms with van der Waals surface area (Å²) in [4.78, 5) is 17.0. The molecule has 0 amide bonds. The molecule has 0 bridgehead atoms. The van der Waals surface area contributed by atoms with Crippen LogP contribution in [0.3, 0.4) is 0 Å². The van der Waals surface area contributed by atoms with E-state index < -0.39 is 0 Å². The molecule has 0 spiro atoms. The van der Waals surface area contributed by atoms with Gasteiger partial charge in [-0.3, -0.25) is 0 Å². The summed E-state index contributed by atoms with van der Waals surface area (Å²) in [5.74, 6) is 1.92. The third-order valence-corrected chi connectivity index (χ3v) is 6.26. The Bertz CT molecular complexity index is 1100. The average molecular weight is 436 g/mol. The fourth-order valence-corrected chi connectivity index (χ4v) is 5.22. The van der Waals surface area contributed by atoms with E-state index in [9.17, 15) is 4.79 Å². The first kappa shape index (κ1) is 22.2. The Kier molecular flexibility index (Phi) is 6.13. The van der Waals surface area contributed by atoms with Gasteiger partial charge in [0.15, 0.2) is 0 Å². The largest absolute Gasteiger partial charge is 0.494 e. The van der Waals surface area contributed by atoms with Crippen LogP contribution in [0.2, 0.25) is 0 Å². The summed E-state index contributed by atoms with van der Waals surface area (Å²) in [7, 11) is 1.40. The number of methoxy groups -OCH3 is 1. The van der Waals surface area contributed by atoms with Crippen LogP contribution in [-0.4, -0.2) is 29.2 Å². The number of nitrogens with zero attached hydrogens (tertiary/aromatic N) is 2. The maximum absolute atomic E-state index is 12.1. The standard InChI is InChI=1S/C26H33N3O3/c1-6-32-21-10-8-19(9-11-21)27-25-28-22-14-18(24(30)31-5)7-12-23(22)29(25)20-13-17(2)15-26(3,4)16-20/h7-12,14,17,20H,6,13,15-16H2,1-5H3,(H,27,28)/t17-,20?/m1/s1. The van der Waals surface area contributed by atoms with Gasteiger partial charge in [-0.2, -0.15) is 0 Å². The lowest BCUT2D eigenvalue weighted by Crippen LogP contribution is -2.29. The van der Waals surface area contributed by atoms with E-state index in [0.29, 0.717) is 24.1 Å². The second kappa shape index (κ2) is 8.85. The molecule has 1 heterocycles. The number of hydrogen-bond donors (Lipinski definition) is 1. The molecule has 1 saturated carbocycles. The second-order valence-electron chi connectivity index (χ2n) is 9.65. The zero-order valence-corrected chi connectivity index (χ0v) is 19.6. The third kappa shape index (κ3) is 4.59. The number of fused-ring (bicyclic) bond motifs is 1. The smallest absolute Gasteiger partial charge is 0.337 e. The predicted octanol–water partition coefficient (Wildman–Crippen LogP) is 6.35. The lowest BCUT2D eigenvalue weighted by Gasteiger charge is -2.40. The van der Waals surface area contributed by atoms with Crippen LogP contribution in [-0.2, 0) is 4.74 Å². The van der Waals surface area contributed by atoms with Crippen molar-refractivity contribution in [2.75, 3.05) is 19.0 Å². The van der Waals surface area contributed by atoms with Gasteiger partial charge in [0.2, 0.25) is 5.95 Å². The van der Waals surface area contributed by atoms with E-state index in [1.807, 2.05) is 49.4 Å². The first-order valence-electron chi connectivity index (χ1n) is 11.4. The van der Waals surface area contributed by atoms with Gasteiger partial charge in [-0.25, -0.2) is 9.78 Å². The van der Waals surface area contributed by atoms with E-state index in [1.54, 1.807) is 0 Å². The minimum atomic E-state index is -0.352. The molecule has 32 heavy (non-hydrogen) atoms. The van der Waals surface area contributed by atoms with E-state index >= 15 is 0 Å². The molecule has 2 atom stereocenters. The zero-order valence-electron chi connectivity index (χ0n) is 19.6. The first-order chi connectivity index (χ1) is 15.3. The van der Waals surface area contributed by atoms with Crippen LogP contribution in [0.5, 0.6) is 5.75 Å². The molecule has 1 aliphatic carbocycles. The van der Waals surface area contributed by atoms with Gasteiger partial charge in [-0.15, -0.1) is 0 Å². The Morgan fingerprint density at radius 2 is 1.94 bits per heavy atom. The van der Waals surface area contributed by atoms with Crippen molar-refractivity contribution in [3.63, 3.8) is 0 Å². The van der Waals surface area contributed by atoms with Gasteiger partial charge in [-0.1, -0.05) is 20.8 Å².